The first-order valence-corrected chi connectivity index (χ1v) is 9.02. The lowest BCUT2D eigenvalue weighted by atomic mass is 10.1. The molecule has 0 saturated heterocycles. The van der Waals surface area contributed by atoms with Crippen molar-refractivity contribution in [3.8, 4) is 0 Å². The van der Waals surface area contributed by atoms with E-state index in [-0.39, 0.29) is 11.2 Å². The van der Waals surface area contributed by atoms with Crippen molar-refractivity contribution in [1.82, 2.24) is 23.9 Å². The molecule has 0 fully saturated rings. The Hall–Kier alpha value is -2.44. The smallest absolute Gasteiger partial charge is 0.328 e. The van der Waals surface area contributed by atoms with Gasteiger partial charge in [0, 0.05) is 31.7 Å². The van der Waals surface area contributed by atoms with Gasteiger partial charge in [-0.25, -0.2) is 4.79 Å². The molecule has 0 atom stereocenters. The van der Waals surface area contributed by atoms with E-state index in [0.717, 1.165) is 49.7 Å². The van der Waals surface area contributed by atoms with Gasteiger partial charge in [0.2, 0.25) is 0 Å². The molecule has 0 radical (unpaired) electrons. The maximum absolute atomic E-state index is 12.9. The molecule has 0 N–H and O–H groups in total. The summed E-state index contributed by atoms with van der Waals surface area (Å²) in [4.78, 5) is 25.2. The van der Waals surface area contributed by atoms with Crippen LogP contribution in [0.5, 0.6) is 0 Å². The van der Waals surface area contributed by atoms with Crippen LogP contribution in [0.2, 0.25) is 0 Å². The van der Waals surface area contributed by atoms with Gasteiger partial charge in [-0.15, -0.1) is 10.2 Å². The third kappa shape index (κ3) is 2.18. The van der Waals surface area contributed by atoms with E-state index >= 15 is 0 Å². The van der Waals surface area contributed by atoms with Gasteiger partial charge >= 0.3 is 5.69 Å². The van der Waals surface area contributed by atoms with E-state index in [1.54, 1.807) is 7.05 Å². The molecule has 7 nitrogen and oxygen atoms in total. The highest BCUT2D eigenvalue weighted by atomic mass is 16.2. The molecule has 25 heavy (non-hydrogen) atoms. The first kappa shape index (κ1) is 16.1. The van der Waals surface area contributed by atoms with Crippen LogP contribution in [0.15, 0.2) is 9.59 Å². The number of nitrogens with zero attached hydrogens (tertiary/aromatic N) is 5. The van der Waals surface area contributed by atoms with E-state index in [0.29, 0.717) is 11.0 Å². The molecule has 0 aromatic carbocycles. The highest BCUT2D eigenvalue weighted by molar-refractivity contribution is 6.04. The van der Waals surface area contributed by atoms with Gasteiger partial charge in [0.15, 0.2) is 11.3 Å². The fraction of sp³-hybridized carbons (Fsp3) is 0.556. The summed E-state index contributed by atoms with van der Waals surface area (Å²) in [5, 5.41) is 10.1. The molecule has 7 heteroatoms. The van der Waals surface area contributed by atoms with Crippen LogP contribution in [0.25, 0.3) is 22.1 Å². The molecule has 0 aliphatic heterocycles. The summed E-state index contributed by atoms with van der Waals surface area (Å²) in [6, 6.07) is 0. The minimum absolute atomic E-state index is 0.279. The van der Waals surface area contributed by atoms with Crippen LogP contribution in [0.4, 0.5) is 0 Å². The Morgan fingerprint density at radius 2 is 1.64 bits per heavy atom. The van der Waals surface area contributed by atoms with Crippen LogP contribution in [0, 0.1) is 0 Å². The number of hydrogen-bond acceptors (Lipinski definition) is 4. The Labute approximate surface area is 144 Å². The van der Waals surface area contributed by atoms with Gasteiger partial charge in [-0.2, -0.15) is 0 Å². The third-order valence-electron chi connectivity index (χ3n) is 5.37. The molecule has 132 valence electrons. The molecule has 0 bridgehead atoms. The Bertz CT molecular complexity index is 1100. The Morgan fingerprint density at radius 1 is 0.920 bits per heavy atom. The monoisotopic (exact) mass is 341 g/mol. The van der Waals surface area contributed by atoms with Crippen molar-refractivity contribution in [2.75, 3.05) is 0 Å². The van der Waals surface area contributed by atoms with Gasteiger partial charge in [0.05, 0.1) is 5.39 Å². The van der Waals surface area contributed by atoms with Crippen molar-refractivity contribution >= 4 is 22.1 Å². The normalized spacial score (nSPS) is 14.8. The van der Waals surface area contributed by atoms with E-state index in [1.807, 2.05) is 0 Å². The summed E-state index contributed by atoms with van der Waals surface area (Å²) in [6.07, 6.45) is 6.45. The molecule has 0 unspecified atom stereocenters. The van der Waals surface area contributed by atoms with Gasteiger partial charge in [0.1, 0.15) is 0 Å². The Balaban J connectivity index is 2.25. The highest BCUT2D eigenvalue weighted by Crippen LogP contribution is 2.33. The molecule has 1 aliphatic carbocycles. The maximum Gasteiger partial charge on any atom is 0.332 e. The first-order valence-electron chi connectivity index (χ1n) is 9.02. The minimum atomic E-state index is -0.370. The standard InChI is InChI=1S/C18H23N5O2/c1-4-10-23-12-9-7-5-6-8-11(12)13-14-15(19-20-16(13)23)21(2)18(25)22(3)17(14)24/h4-10H2,1-3H3. The van der Waals surface area contributed by atoms with Gasteiger partial charge < -0.3 is 4.57 Å². The van der Waals surface area contributed by atoms with Crippen LogP contribution in [-0.2, 0) is 33.5 Å². The molecule has 3 heterocycles. The van der Waals surface area contributed by atoms with Crippen LogP contribution in [-0.4, -0.2) is 23.9 Å². The van der Waals surface area contributed by atoms with E-state index in [4.69, 9.17) is 0 Å². The second-order valence-electron chi connectivity index (χ2n) is 6.94. The largest absolute Gasteiger partial charge is 0.332 e. The fourth-order valence-corrected chi connectivity index (χ4v) is 4.13. The Kier molecular flexibility index (Phi) is 3.74. The molecule has 1 aliphatic rings. The minimum Gasteiger partial charge on any atom is -0.328 e. The molecule has 4 rings (SSSR count). The molecular formula is C18H23N5O2. The summed E-state index contributed by atoms with van der Waals surface area (Å²) in [7, 11) is 3.17. The molecule has 0 amide bonds. The number of rotatable bonds is 2. The predicted molar refractivity (Wildman–Crippen MR) is 97.1 cm³/mol. The van der Waals surface area contributed by atoms with Gasteiger partial charge in [-0.3, -0.25) is 13.9 Å². The number of aromatic nitrogens is 5. The zero-order valence-corrected chi connectivity index (χ0v) is 15.0. The van der Waals surface area contributed by atoms with Crippen LogP contribution < -0.4 is 11.2 Å². The Morgan fingerprint density at radius 3 is 2.40 bits per heavy atom. The SMILES string of the molecule is CCCn1c2c(c3c4c(=O)n(C)c(=O)n(C)c4nnc31)CCCCC2. The second kappa shape index (κ2) is 5.82. The van der Waals surface area contributed by atoms with Gasteiger partial charge in [0.25, 0.3) is 5.56 Å². The van der Waals surface area contributed by atoms with Crippen LogP contribution in [0.3, 0.4) is 0 Å². The summed E-state index contributed by atoms with van der Waals surface area (Å²) in [6.45, 7) is 3.02. The fourth-order valence-electron chi connectivity index (χ4n) is 4.13. The molecule has 0 saturated carbocycles. The van der Waals surface area contributed by atoms with E-state index in [2.05, 4.69) is 21.7 Å². The summed E-state index contributed by atoms with van der Waals surface area (Å²) in [5.74, 6) is 0. The lowest BCUT2D eigenvalue weighted by Crippen LogP contribution is -2.37. The third-order valence-corrected chi connectivity index (χ3v) is 5.37. The van der Waals surface area contributed by atoms with Crippen LogP contribution in [0.1, 0.15) is 43.9 Å². The van der Waals surface area contributed by atoms with Crippen molar-refractivity contribution in [1.29, 1.82) is 0 Å². The average Bonchev–Trinajstić information content (AvgIpc) is 2.77. The first-order chi connectivity index (χ1) is 12.1. The molecule has 0 spiro atoms. The van der Waals surface area contributed by atoms with Crippen molar-refractivity contribution in [2.45, 2.75) is 52.0 Å². The molecular weight excluding hydrogens is 318 g/mol. The summed E-state index contributed by atoms with van der Waals surface area (Å²) < 4.78 is 4.83. The second-order valence-corrected chi connectivity index (χ2v) is 6.94. The number of aryl methyl sites for hydroxylation is 3. The highest BCUT2D eigenvalue weighted by Gasteiger charge is 2.24. The van der Waals surface area contributed by atoms with Crippen molar-refractivity contribution < 1.29 is 0 Å². The van der Waals surface area contributed by atoms with E-state index in [9.17, 15) is 9.59 Å². The zero-order chi connectivity index (χ0) is 17.7. The number of fused-ring (bicyclic) bond motifs is 5. The maximum atomic E-state index is 12.9. The quantitative estimate of drug-likeness (QED) is 0.665. The van der Waals surface area contributed by atoms with Gasteiger partial charge in [-0.1, -0.05) is 13.3 Å². The van der Waals surface area contributed by atoms with Gasteiger partial charge in [-0.05, 0) is 37.7 Å². The topological polar surface area (TPSA) is 74.7 Å². The van der Waals surface area contributed by atoms with Crippen molar-refractivity contribution in [3.05, 3.63) is 32.1 Å². The average molecular weight is 341 g/mol. The molecule has 3 aromatic rings. The number of hydrogen-bond donors (Lipinski definition) is 0. The predicted octanol–water partition coefficient (Wildman–Crippen LogP) is 1.66. The zero-order valence-electron chi connectivity index (χ0n) is 15.0. The van der Waals surface area contributed by atoms with E-state index < -0.39 is 0 Å². The lowest BCUT2D eigenvalue weighted by molar-refractivity contribution is 0.639. The van der Waals surface area contributed by atoms with Crippen LogP contribution >= 0.6 is 0 Å². The summed E-state index contributed by atoms with van der Waals surface area (Å²) in [5.41, 5.74) is 3.05. The summed E-state index contributed by atoms with van der Waals surface area (Å²) >= 11 is 0. The van der Waals surface area contributed by atoms with E-state index in [1.165, 1.54) is 33.9 Å². The van der Waals surface area contributed by atoms with Crippen molar-refractivity contribution in [2.24, 2.45) is 14.1 Å². The molecule has 3 aromatic heterocycles. The lowest BCUT2D eigenvalue weighted by Gasteiger charge is -2.09. The van der Waals surface area contributed by atoms with Crippen molar-refractivity contribution in [3.63, 3.8) is 0 Å².